The van der Waals surface area contributed by atoms with Gasteiger partial charge in [-0.15, -0.1) is 0 Å². The lowest BCUT2D eigenvalue weighted by molar-refractivity contribution is -0.400. The van der Waals surface area contributed by atoms with Crippen molar-refractivity contribution < 1.29 is 9.66 Å². The molecular weight excluding hydrogens is 182 g/mol. The number of aryl methyl sites for hydroxylation is 1. The molecule has 1 aromatic rings. The van der Waals surface area contributed by atoms with E-state index in [1.807, 2.05) is 19.1 Å². The van der Waals surface area contributed by atoms with E-state index >= 15 is 0 Å². The van der Waals surface area contributed by atoms with Crippen molar-refractivity contribution in [3.05, 3.63) is 45.6 Å². The second-order valence-corrected chi connectivity index (χ2v) is 2.88. The van der Waals surface area contributed by atoms with E-state index in [-0.39, 0.29) is 0 Å². The Labute approximate surface area is 82.0 Å². The Balaban J connectivity index is 2.97. The second kappa shape index (κ2) is 4.41. The molecule has 4 nitrogen and oxygen atoms in total. The molecule has 0 fully saturated rings. The molecule has 0 saturated carbocycles. The third-order valence-corrected chi connectivity index (χ3v) is 1.70. The van der Waals surface area contributed by atoms with Crippen LogP contribution in [0, 0.1) is 17.0 Å². The minimum absolute atomic E-state index is 0.491. The molecule has 0 N–H and O–H groups in total. The molecule has 0 saturated heterocycles. The molecule has 0 spiro atoms. The van der Waals surface area contributed by atoms with Gasteiger partial charge in [-0.05, 0) is 30.2 Å². The molecule has 0 aliphatic heterocycles. The van der Waals surface area contributed by atoms with Crippen LogP contribution >= 0.6 is 0 Å². The Morgan fingerprint density at radius 2 is 2.14 bits per heavy atom. The average Bonchev–Trinajstić information content (AvgIpc) is 2.14. The smallest absolute Gasteiger partial charge is 0.235 e. The molecule has 0 aliphatic rings. The molecule has 4 heteroatoms. The van der Waals surface area contributed by atoms with Crippen LogP contribution in [0.3, 0.4) is 0 Å². The fourth-order valence-corrected chi connectivity index (χ4v) is 1.14. The fourth-order valence-electron chi connectivity index (χ4n) is 1.14. The lowest BCUT2D eigenvalue weighted by atomic mass is 10.1. The SMILES string of the molecule is COc1cc(C)cc(/C=C/[N+](=O)[O-])c1. The van der Waals surface area contributed by atoms with Crippen LogP contribution < -0.4 is 4.74 Å². The van der Waals surface area contributed by atoms with E-state index in [1.54, 1.807) is 13.2 Å². The molecule has 14 heavy (non-hydrogen) atoms. The summed E-state index contributed by atoms with van der Waals surface area (Å²) in [5.41, 5.74) is 1.77. The topological polar surface area (TPSA) is 52.4 Å². The molecule has 0 unspecified atom stereocenters. The van der Waals surface area contributed by atoms with Gasteiger partial charge in [-0.1, -0.05) is 6.07 Å². The Morgan fingerprint density at radius 1 is 1.43 bits per heavy atom. The predicted octanol–water partition coefficient (Wildman–Crippen LogP) is 2.25. The van der Waals surface area contributed by atoms with Gasteiger partial charge in [-0.25, -0.2) is 0 Å². The normalized spacial score (nSPS) is 10.4. The van der Waals surface area contributed by atoms with E-state index in [4.69, 9.17) is 4.74 Å². The number of methoxy groups -OCH3 is 1. The molecule has 1 rings (SSSR count). The van der Waals surface area contributed by atoms with Crippen molar-refractivity contribution in [3.8, 4) is 5.75 Å². The third kappa shape index (κ3) is 2.90. The third-order valence-electron chi connectivity index (χ3n) is 1.70. The molecule has 1 aromatic carbocycles. The highest BCUT2D eigenvalue weighted by atomic mass is 16.6. The first-order valence-corrected chi connectivity index (χ1v) is 4.09. The maximum atomic E-state index is 10.1. The quantitative estimate of drug-likeness (QED) is 0.546. The van der Waals surface area contributed by atoms with Crippen molar-refractivity contribution in [2.75, 3.05) is 7.11 Å². The molecule has 0 aliphatic carbocycles. The predicted molar refractivity (Wildman–Crippen MR) is 53.8 cm³/mol. The van der Waals surface area contributed by atoms with Crippen molar-refractivity contribution in [2.45, 2.75) is 6.92 Å². The molecular formula is C10H11NO3. The maximum absolute atomic E-state index is 10.1. The molecule has 0 heterocycles. The van der Waals surface area contributed by atoms with Crippen LogP contribution in [0.4, 0.5) is 0 Å². The van der Waals surface area contributed by atoms with Gasteiger partial charge in [-0.2, -0.15) is 0 Å². The van der Waals surface area contributed by atoms with Gasteiger partial charge in [0.15, 0.2) is 0 Å². The Kier molecular flexibility index (Phi) is 3.23. The molecule has 74 valence electrons. The van der Waals surface area contributed by atoms with Crippen molar-refractivity contribution in [1.29, 1.82) is 0 Å². The Morgan fingerprint density at radius 3 is 2.71 bits per heavy atom. The average molecular weight is 193 g/mol. The number of hydrogen-bond donors (Lipinski definition) is 0. The maximum Gasteiger partial charge on any atom is 0.235 e. The van der Waals surface area contributed by atoms with Crippen molar-refractivity contribution >= 4 is 6.08 Å². The lowest BCUT2D eigenvalue weighted by Crippen LogP contribution is -1.86. The molecule has 0 radical (unpaired) electrons. The highest BCUT2D eigenvalue weighted by Gasteiger charge is 1.96. The molecule has 0 bridgehead atoms. The number of ether oxygens (including phenoxy) is 1. The van der Waals surface area contributed by atoms with E-state index in [9.17, 15) is 10.1 Å². The van der Waals surface area contributed by atoms with E-state index in [0.29, 0.717) is 5.75 Å². The van der Waals surface area contributed by atoms with E-state index in [0.717, 1.165) is 17.3 Å². The van der Waals surface area contributed by atoms with E-state index in [1.165, 1.54) is 6.08 Å². The van der Waals surface area contributed by atoms with Crippen molar-refractivity contribution in [1.82, 2.24) is 0 Å². The second-order valence-electron chi connectivity index (χ2n) is 2.88. The summed E-state index contributed by atoms with van der Waals surface area (Å²) < 4.78 is 5.04. The van der Waals surface area contributed by atoms with Gasteiger partial charge >= 0.3 is 0 Å². The van der Waals surface area contributed by atoms with Crippen LogP contribution in [0.25, 0.3) is 6.08 Å². The number of nitrogens with zero attached hydrogens (tertiary/aromatic N) is 1. The number of nitro groups is 1. The summed E-state index contributed by atoms with van der Waals surface area (Å²) in [7, 11) is 1.57. The van der Waals surface area contributed by atoms with Crippen LogP contribution in [0.2, 0.25) is 0 Å². The van der Waals surface area contributed by atoms with Gasteiger partial charge in [0, 0.05) is 6.08 Å². The zero-order valence-electron chi connectivity index (χ0n) is 8.06. The number of benzene rings is 1. The van der Waals surface area contributed by atoms with Gasteiger partial charge in [0.2, 0.25) is 6.20 Å². The zero-order valence-corrected chi connectivity index (χ0v) is 8.06. The number of hydrogen-bond acceptors (Lipinski definition) is 3. The van der Waals surface area contributed by atoms with Gasteiger partial charge in [0.1, 0.15) is 5.75 Å². The van der Waals surface area contributed by atoms with Crippen molar-refractivity contribution in [2.24, 2.45) is 0 Å². The lowest BCUT2D eigenvalue weighted by Gasteiger charge is -2.02. The van der Waals surface area contributed by atoms with Crippen LogP contribution in [0.15, 0.2) is 24.4 Å². The first-order valence-electron chi connectivity index (χ1n) is 4.09. The Bertz CT molecular complexity index is 372. The fraction of sp³-hybridized carbons (Fsp3) is 0.200. The first-order chi connectivity index (χ1) is 6.61. The van der Waals surface area contributed by atoms with Crippen LogP contribution in [0.5, 0.6) is 5.75 Å². The Hall–Kier alpha value is -1.84. The summed E-state index contributed by atoms with van der Waals surface area (Å²) in [6.45, 7) is 1.91. The number of rotatable bonds is 3. The van der Waals surface area contributed by atoms with E-state index < -0.39 is 4.92 Å². The summed E-state index contributed by atoms with van der Waals surface area (Å²) in [4.78, 5) is 9.61. The van der Waals surface area contributed by atoms with Crippen LogP contribution in [0.1, 0.15) is 11.1 Å². The molecule has 0 amide bonds. The van der Waals surface area contributed by atoms with Crippen LogP contribution in [-0.4, -0.2) is 12.0 Å². The van der Waals surface area contributed by atoms with Gasteiger partial charge in [0.25, 0.3) is 0 Å². The van der Waals surface area contributed by atoms with E-state index in [2.05, 4.69) is 0 Å². The van der Waals surface area contributed by atoms with Crippen LogP contribution in [-0.2, 0) is 0 Å². The highest BCUT2D eigenvalue weighted by molar-refractivity contribution is 5.52. The minimum atomic E-state index is -0.491. The summed E-state index contributed by atoms with van der Waals surface area (Å²) in [6, 6.07) is 5.46. The largest absolute Gasteiger partial charge is 0.497 e. The minimum Gasteiger partial charge on any atom is -0.497 e. The standard InChI is InChI=1S/C10H11NO3/c1-8-5-9(3-4-11(12)13)7-10(6-8)14-2/h3-7H,1-2H3/b4-3+. The zero-order chi connectivity index (χ0) is 10.6. The van der Waals surface area contributed by atoms with Gasteiger partial charge in [0.05, 0.1) is 12.0 Å². The van der Waals surface area contributed by atoms with Gasteiger partial charge in [-0.3, -0.25) is 10.1 Å². The first kappa shape index (κ1) is 10.2. The van der Waals surface area contributed by atoms with Gasteiger partial charge < -0.3 is 4.74 Å². The summed E-state index contributed by atoms with van der Waals surface area (Å²) in [6.07, 6.45) is 2.35. The summed E-state index contributed by atoms with van der Waals surface area (Å²) >= 11 is 0. The molecule has 0 atom stereocenters. The molecule has 0 aromatic heterocycles. The highest BCUT2D eigenvalue weighted by Crippen LogP contribution is 2.17. The monoisotopic (exact) mass is 193 g/mol. The summed E-state index contributed by atoms with van der Waals surface area (Å²) in [5, 5.41) is 10.1. The summed E-state index contributed by atoms with van der Waals surface area (Å²) in [5.74, 6) is 0.702. The van der Waals surface area contributed by atoms with Crippen molar-refractivity contribution in [3.63, 3.8) is 0 Å².